The molecular weight excluding hydrogens is 220 g/mol. The summed E-state index contributed by atoms with van der Waals surface area (Å²) >= 11 is 0. The Kier molecular flexibility index (Phi) is 4.00. The fourth-order valence-electron chi connectivity index (χ4n) is 2.05. The van der Waals surface area contributed by atoms with Gasteiger partial charge in [0, 0.05) is 26.3 Å². The Morgan fingerprint density at radius 2 is 1.50 bits per heavy atom. The van der Waals surface area contributed by atoms with Crippen molar-refractivity contribution in [2.24, 2.45) is 5.73 Å². The molecule has 2 aromatic carbocycles. The van der Waals surface area contributed by atoms with Crippen molar-refractivity contribution >= 4 is 5.69 Å². The van der Waals surface area contributed by atoms with Gasteiger partial charge in [-0.2, -0.15) is 0 Å². The molecule has 94 valence electrons. The minimum absolute atomic E-state index is 0.603. The maximum absolute atomic E-state index is 5.67. The first-order valence-electron chi connectivity index (χ1n) is 6.23. The minimum atomic E-state index is 0.603. The first-order valence-corrected chi connectivity index (χ1v) is 6.23. The number of hydrogen-bond acceptors (Lipinski definition) is 2. The Hall–Kier alpha value is -1.80. The van der Waals surface area contributed by atoms with E-state index in [0.29, 0.717) is 6.54 Å². The first-order chi connectivity index (χ1) is 8.69. The lowest BCUT2D eigenvalue weighted by Crippen LogP contribution is -2.08. The summed E-state index contributed by atoms with van der Waals surface area (Å²) in [7, 11) is 4.13. The summed E-state index contributed by atoms with van der Waals surface area (Å²) in [6.07, 6.45) is 0.954. The van der Waals surface area contributed by atoms with Gasteiger partial charge in [-0.25, -0.2) is 0 Å². The number of benzene rings is 2. The topological polar surface area (TPSA) is 29.3 Å². The molecule has 0 unspecified atom stereocenters. The fraction of sp³-hybridized carbons (Fsp3) is 0.250. The smallest absolute Gasteiger partial charge is 0.0363 e. The summed E-state index contributed by atoms with van der Waals surface area (Å²) in [4.78, 5) is 2.12. The zero-order valence-electron chi connectivity index (χ0n) is 11.1. The van der Waals surface area contributed by atoms with Crippen LogP contribution in [0.4, 0.5) is 5.69 Å². The van der Waals surface area contributed by atoms with Crippen LogP contribution in [0.1, 0.15) is 16.7 Å². The Labute approximate surface area is 109 Å². The SMILES string of the molecule is CN(C)c1cccc(Cc2cccc(CN)c2)c1. The summed E-state index contributed by atoms with van der Waals surface area (Å²) in [5.74, 6) is 0. The van der Waals surface area contributed by atoms with E-state index in [-0.39, 0.29) is 0 Å². The zero-order valence-corrected chi connectivity index (χ0v) is 11.1. The molecule has 2 N–H and O–H groups in total. The van der Waals surface area contributed by atoms with Crippen LogP contribution in [-0.2, 0) is 13.0 Å². The standard InChI is InChI=1S/C16H20N2/c1-18(2)16-8-4-6-14(11-16)9-13-5-3-7-15(10-13)12-17/h3-8,10-11H,9,12,17H2,1-2H3. The van der Waals surface area contributed by atoms with Crippen LogP contribution in [0.25, 0.3) is 0 Å². The Morgan fingerprint density at radius 3 is 2.17 bits per heavy atom. The lowest BCUT2D eigenvalue weighted by molar-refractivity contribution is 1.05. The van der Waals surface area contributed by atoms with Crippen molar-refractivity contribution in [3.8, 4) is 0 Å². The molecule has 0 spiro atoms. The molecule has 0 heterocycles. The molecule has 0 aliphatic rings. The predicted octanol–water partition coefficient (Wildman–Crippen LogP) is 2.80. The van der Waals surface area contributed by atoms with Crippen molar-refractivity contribution in [3.05, 3.63) is 65.2 Å². The van der Waals surface area contributed by atoms with Crippen LogP contribution in [0.15, 0.2) is 48.5 Å². The molecular formula is C16H20N2. The Balaban J connectivity index is 2.20. The third-order valence-corrected chi connectivity index (χ3v) is 3.06. The quantitative estimate of drug-likeness (QED) is 0.890. The Bertz CT molecular complexity index is 518. The largest absolute Gasteiger partial charge is 0.378 e. The summed E-state index contributed by atoms with van der Waals surface area (Å²) in [6.45, 7) is 0.603. The van der Waals surface area contributed by atoms with Gasteiger partial charge in [0.15, 0.2) is 0 Å². The predicted molar refractivity (Wildman–Crippen MR) is 77.9 cm³/mol. The highest BCUT2D eigenvalue weighted by atomic mass is 15.1. The molecule has 0 amide bonds. The molecule has 0 saturated heterocycles. The molecule has 2 rings (SSSR count). The van der Waals surface area contributed by atoms with E-state index < -0.39 is 0 Å². The highest BCUT2D eigenvalue weighted by Gasteiger charge is 2.00. The van der Waals surface area contributed by atoms with E-state index >= 15 is 0 Å². The van der Waals surface area contributed by atoms with Gasteiger partial charge in [0.05, 0.1) is 0 Å². The van der Waals surface area contributed by atoms with Crippen LogP contribution in [0.5, 0.6) is 0 Å². The summed E-state index contributed by atoms with van der Waals surface area (Å²) in [6, 6.07) is 17.1. The van der Waals surface area contributed by atoms with Crippen LogP contribution in [-0.4, -0.2) is 14.1 Å². The van der Waals surface area contributed by atoms with E-state index in [4.69, 9.17) is 5.73 Å². The van der Waals surface area contributed by atoms with Gasteiger partial charge in [0.2, 0.25) is 0 Å². The van der Waals surface area contributed by atoms with Crippen molar-refractivity contribution in [1.82, 2.24) is 0 Å². The van der Waals surface area contributed by atoms with Gasteiger partial charge in [0.1, 0.15) is 0 Å². The maximum Gasteiger partial charge on any atom is 0.0363 e. The monoisotopic (exact) mass is 240 g/mol. The molecule has 0 radical (unpaired) electrons. The lowest BCUT2D eigenvalue weighted by atomic mass is 10.0. The minimum Gasteiger partial charge on any atom is -0.378 e. The molecule has 18 heavy (non-hydrogen) atoms. The van der Waals surface area contributed by atoms with Crippen molar-refractivity contribution in [3.63, 3.8) is 0 Å². The normalized spacial score (nSPS) is 10.4. The number of hydrogen-bond donors (Lipinski definition) is 1. The van der Waals surface area contributed by atoms with Gasteiger partial charge in [0.25, 0.3) is 0 Å². The number of anilines is 1. The molecule has 0 atom stereocenters. The Morgan fingerprint density at radius 1 is 0.889 bits per heavy atom. The van der Waals surface area contributed by atoms with E-state index in [1.165, 1.54) is 22.4 Å². The highest BCUT2D eigenvalue weighted by molar-refractivity contribution is 5.48. The molecule has 0 saturated carbocycles. The van der Waals surface area contributed by atoms with Crippen molar-refractivity contribution < 1.29 is 0 Å². The van der Waals surface area contributed by atoms with E-state index in [1.54, 1.807) is 0 Å². The molecule has 0 aromatic heterocycles. The van der Waals surface area contributed by atoms with Crippen LogP contribution >= 0.6 is 0 Å². The van der Waals surface area contributed by atoms with E-state index in [9.17, 15) is 0 Å². The van der Waals surface area contributed by atoms with Crippen LogP contribution < -0.4 is 10.6 Å². The average molecular weight is 240 g/mol. The summed E-state index contributed by atoms with van der Waals surface area (Å²) < 4.78 is 0. The summed E-state index contributed by atoms with van der Waals surface area (Å²) in [5.41, 5.74) is 10.7. The van der Waals surface area contributed by atoms with Crippen molar-refractivity contribution in [2.45, 2.75) is 13.0 Å². The van der Waals surface area contributed by atoms with Crippen LogP contribution in [0.2, 0.25) is 0 Å². The van der Waals surface area contributed by atoms with Crippen molar-refractivity contribution in [1.29, 1.82) is 0 Å². The molecule has 0 aliphatic heterocycles. The first kappa shape index (κ1) is 12.7. The molecule has 2 aromatic rings. The number of nitrogens with zero attached hydrogens (tertiary/aromatic N) is 1. The molecule has 0 bridgehead atoms. The maximum atomic E-state index is 5.67. The lowest BCUT2D eigenvalue weighted by Gasteiger charge is -2.13. The second kappa shape index (κ2) is 5.69. The molecule has 2 heteroatoms. The van der Waals surface area contributed by atoms with Gasteiger partial charge in [-0.05, 0) is 35.2 Å². The summed E-state index contributed by atoms with van der Waals surface area (Å²) in [5, 5.41) is 0. The number of rotatable bonds is 4. The second-order valence-corrected chi connectivity index (χ2v) is 4.77. The van der Waals surface area contributed by atoms with Crippen molar-refractivity contribution in [2.75, 3.05) is 19.0 Å². The fourth-order valence-corrected chi connectivity index (χ4v) is 2.05. The third kappa shape index (κ3) is 3.11. The van der Waals surface area contributed by atoms with Crippen LogP contribution in [0.3, 0.4) is 0 Å². The molecule has 0 aliphatic carbocycles. The van der Waals surface area contributed by atoms with Crippen LogP contribution in [0, 0.1) is 0 Å². The van der Waals surface area contributed by atoms with E-state index in [0.717, 1.165) is 6.42 Å². The van der Waals surface area contributed by atoms with Gasteiger partial charge < -0.3 is 10.6 Å². The zero-order chi connectivity index (χ0) is 13.0. The van der Waals surface area contributed by atoms with Gasteiger partial charge >= 0.3 is 0 Å². The second-order valence-electron chi connectivity index (χ2n) is 4.77. The highest BCUT2D eigenvalue weighted by Crippen LogP contribution is 2.17. The molecule has 2 nitrogen and oxygen atoms in total. The average Bonchev–Trinajstić information content (AvgIpc) is 2.39. The van der Waals surface area contributed by atoms with Gasteiger partial charge in [-0.3, -0.25) is 0 Å². The molecule has 0 fully saturated rings. The number of nitrogens with two attached hydrogens (primary N) is 1. The van der Waals surface area contributed by atoms with Gasteiger partial charge in [-0.1, -0.05) is 36.4 Å². The van der Waals surface area contributed by atoms with E-state index in [1.807, 2.05) is 0 Å². The third-order valence-electron chi connectivity index (χ3n) is 3.06. The van der Waals surface area contributed by atoms with E-state index in [2.05, 4.69) is 67.5 Å². The van der Waals surface area contributed by atoms with Gasteiger partial charge in [-0.15, -0.1) is 0 Å².